The molecule has 0 aromatic heterocycles. The molecule has 10 heteroatoms. The zero-order chi connectivity index (χ0) is 23.3. The molecule has 9 nitrogen and oxygen atoms in total. The average molecular weight is 462 g/mol. The summed E-state index contributed by atoms with van der Waals surface area (Å²) in [5.74, 6) is -0.242. The van der Waals surface area contributed by atoms with E-state index < -0.39 is 14.9 Å². The Kier molecular flexibility index (Phi) is 7.47. The van der Waals surface area contributed by atoms with Crippen LogP contribution in [0, 0.1) is 17.0 Å². The summed E-state index contributed by atoms with van der Waals surface area (Å²) in [6.07, 6.45) is 4.14. The number of hydrogen-bond donors (Lipinski definition) is 2. The fraction of sp³-hybridized carbons (Fsp3) is 0.409. The molecule has 0 spiro atoms. The van der Waals surface area contributed by atoms with E-state index in [1.54, 1.807) is 0 Å². The molecule has 1 fully saturated rings. The number of aryl methyl sites for hydroxylation is 1. The summed E-state index contributed by atoms with van der Waals surface area (Å²) in [6, 6.07) is 9.72. The van der Waals surface area contributed by atoms with Gasteiger partial charge in [0.1, 0.15) is 0 Å². The summed E-state index contributed by atoms with van der Waals surface area (Å²) in [6.45, 7) is 4.29. The van der Waals surface area contributed by atoms with E-state index in [0.717, 1.165) is 38.4 Å². The molecule has 1 aliphatic rings. The van der Waals surface area contributed by atoms with Gasteiger partial charge in [-0.2, -0.15) is 0 Å². The van der Waals surface area contributed by atoms with Crippen molar-refractivity contribution >= 4 is 27.3 Å². The minimum Gasteiger partial charge on any atom is -0.378 e. The van der Waals surface area contributed by atoms with Gasteiger partial charge in [-0.1, -0.05) is 6.07 Å². The van der Waals surface area contributed by atoms with E-state index in [-0.39, 0.29) is 34.3 Å². The van der Waals surface area contributed by atoms with Crippen molar-refractivity contribution in [2.24, 2.45) is 0 Å². The zero-order valence-corrected chi connectivity index (χ0v) is 18.9. The summed E-state index contributed by atoms with van der Waals surface area (Å²) >= 11 is 0. The van der Waals surface area contributed by atoms with Gasteiger partial charge in [-0.05, 0) is 69.9 Å². The van der Waals surface area contributed by atoms with Crippen LogP contribution < -0.4 is 10.0 Å². The summed E-state index contributed by atoms with van der Waals surface area (Å²) in [5, 5.41) is 14.0. The molecule has 0 bridgehead atoms. The maximum absolute atomic E-state index is 12.6. The van der Waals surface area contributed by atoms with Crippen LogP contribution in [0.2, 0.25) is 0 Å². The molecular weight excluding hydrogens is 434 g/mol. The highest BCUT2D eigenvalue weighted by atomic mass is 32.2. The van der Waals surface area contributed by atoms with Gasteiger partial charge >= 0.3 is 0 Å². The molecule has 0 aliphatic carbocycles. The van der Waals surface area contributed by atoms with Crippen LogP contribution >= 0.6 is 0 Å². The second kappa shape index (κ2) is 10.1. The van der Waals surface area contributed by atoms with Crippen molar-refractivity contribution < 1.29 is 22.9 Å². The quantitative estimate of drug-likeness (QED) is 0.432. The number of ether oxygens (including phenoxy) is 1. The fourth-order valence-electron chi connectivity index (χ4n) is 3.54. The van der Waals surface area contributed by atoms with Crippen molar-refractivity contribution in [2.45, 2.75) is 56.6 Å². The summed E-state index contributed by atoms with van der Waals surface area (Å²) in [4.78, 5) is 22.7. The lowest BCUT2D eigenvalue weighted by atomic mass is 10.1. The zero-order valence-electron chi connectivity index (χ0n) is 18.0. The van der Waals surface area contributed by atoms with Crippen molar-refractivity contribution in [3.8, 4) is 0 Å². The largest absolute Gasteiger partial charge is 0.378 e. The number of anilines is 1. The Hall–Kier alpha value is -2.98. The van der Waals surface area contributed by atoms with Crippen LogP contribution in [-0.2, 0) is 14.8 Å². The van der Waals surface area contributed by atoms with Gasteiger partial charge in [0, 0.05) is 35.5 Å². The first-order valence-corrected chi connectivity index (χ1v) is 11.9. The number of rotatable bonds is 9. The predicted octanol–water partition coefficient (Wildman–Crippen LogP) is 3.78. The molecule has 1 saturated heterocycles. The van der Waals surface area contributed by atoms with Gasteiger partial charge < -0.3 is 10.1 Å². The van der Waals surface area contributed by atoms with Crippen LogP contribution in [0.3, 0.4) is 0 Å². The molecule has 3 rings (SSSR count). The molecule has 2 aromatic rings. The van der Waals surface area contributed by atoms with Crippen molar-refractivity contribution in [2.75, 3.05) is 11.3 Å². The third kappa shape index (κ3) is 6.04. The van der Waals surface area contributed by atoms with Crippen LogP contribution in [0.4, 0.5) is 11.4 Å². The van der Waals surface area contributed by atoms with Crippen LogP contribution in [0.5, 0.6) is 0 Å². The number of sulfonamides is 1. The highest BCUT2D eigenvalue weighted by molar-refractivity contribution is 7.92. The molecule has 2 unspecified atom stereocenters. The SMILES string of the molecule is Cc1ccc(S(=O)(=O)Nc2ccc(C(=O)NC(C)CCC3CCCO3)cc2)cc1[N+](=O)[O-]. The highest BCUT2D eigenvalue weighted by Crippen LogP contribution is 2.24. The van der Waals surface area contributed by atoms with Crippen molar-refractivity contribution in [1.82, 2.24) is 5.32 Å². The maximum atomic E-state index is 12.6. The summed E-state index contributed by atoms with van der Waals surface area (Å²) in [7, 11) is -4.02. The molecule has 1 heterocycles. The van der Waals surface area contributed by atoms with Crippen LogP contribution in [-0.4, -0.2) is 38.0 Å². The number of nitrogens with one attached hydrogen (secondary N) is 2. The topological polar surface area (TPSA) is 128 Å². The standard InChI is InChI=1S/C22H27N3O6S/c1-15-5-12-20(14-21(15)25(27)28)32(29,30)24-18-9-7-17(8-10-18)22(26)23-16(2)6-11-19-4-3-13-31-19/h5,7-10,12,14,16,19,24H,3-4,6,11,13H2,1-2H3,(H,23,26). The highest BCUT2D eigenvalue weighted by Gasteiger charge is 2.21. The van der Waals surface area contributed by atoms with Gasteiger partial charge in [0.25, 0.3) is 21.6 Å². The first-order chi connectivity index (χ1) is 15.2. The molecule has 172 valence electrons. The molecular formula is C22H27N3O6S. The molecule has 2 N–H and O–H groups in total. The van der Waals surface area contributed by atoms with E-state index in [0.29, 0.717) is 11.1 Å². The number of nitro benzene ring substituents is 1. The van der Waals surface area contributed by atoms with Gasteiger partial charge in [0.05, 0.1) is 15.9 Å². The van der Waals surface area contributed by atoms with Crippen molar-refractivity contribution in [1.29, 1.82) is 0 Å². The summed E-state index contributed by atoms with van der Waals surface area (Å²) in [5.41, 5.74) is 0.752. The van der Waals surface area contributed by atoms with E-state index in [1.165, 1.54) is 43.3 Å². The Morgan fingerprint density at radius 3 is 2.59 bits per heavy atom. The van der Waals surface area contributed by atoms with Gasteiger partial charge in [0.15, 0.2) is 0 Å². The van der Waals surface area contributed by atoms with E-state index in [1.807, 2.05) is 6.92 Å². The molecule has 0 saturated carbocycles. The predicted molar refractivity (Wildman–Crippen MR) is 120 cm³/mol. The summed E-state index contributed by atoms with van der Waals surface area (Å²) < 4.78 is 33.2. The first-order valence-electron chi connectivity index (χ1n) is 10.5. The van der Waals surface area contributed by atoms with Gasteiger partial charge in [-0.3, -0.25) is 19.6 Å². The maximum Gasteiger partial charge on any atom is 0.273 e. The minimum absolute atomic E-state index is 0.0118. The second-order valence-corrected chi connectivity index (χ2v) is 9.66. The van der Waals surface area contributed by atoms with Crippen LogP contribution in [0.15, 0.2) is 47.4 Å². The third-order valence-electron chi connectivity index (χ3n) is 5.41. The molecule has 1 amide bonds. The number of carbonyl (C=O) groups excluding carboxylic acids is 1. The van der Waals surface area contributed by atoms with Crippen molar-refractivity contribution in [3.05, 3.63) is 63.7 Å². The number of benzene rings is 2. The lowest BCUT2D eigenvalue weighted by molar-refractivity contribution is -0.385. The van der Waals surface area contributed by atoms with Crippen molar-refractivity contribution in [3.63, 3.8) is 0 Å². The molecule has 0 radical (unpaired) electrons. The number of nitrogens with zero attached hydrogens (tertiary/aromatic N) is 1. The number of hydrogen-bond acceptors (Lipinski definition) is 6. The van der Waals surface area contributed by atoms with E-state index in [2.05, 4.69) is 10.0 Å². The molecule has 1 aliphatic heterocycles. The Balaban J connectivity index is 1.60. The lowest BCUT2D eigenvalue weighted by Gasteiger charge is -2.16. The molecule has 32 heavy (non-hydrogen) atoms. The normalized spacial score (nSPS) is 17.0. The fourth-order valence-corrected chi connectivity index (χ4v) is 4.62. The third-order valence-corrected chi connectivity index (χ3v) is 6.79. The molecule has 2 atom stereocenters. The Morgan fingerprint density at radius 2 is 1.97 bits per heavy atom. The smallest absolute Gasteiger partial charge is 0.273 e. The minimum atomic E-state index is -4.02. The monoisotopic (exact) mass is 461 g/mol. The molecule has 2 aromatic carbocycles. The van der Waals surface area contributed by atoms with E-state index >= 15 is 0 Å². The number of amides is 1. The lowest BCUT2D eigenvalue weighted by Crippen LogP contribution is -2.33. The van der Waals surface area contributed by atoms with Gasteiger partial charge in [0.2, 0.25) is 0 Å². The Morgan fingerprint density at radius 1 is 1.25 bits per heavy atom. The number of nitro groups is 1. The van der Waals surface area contributed by atoms with E-state index in [9.17, 15) is 23.3 Å². The Labute approximate surface area is 187 Å². The Bertz CT molecular complexity index is 1080. The van der Waals surface area contributed by atoms with Gasteiger partial charge in [-0.15, -0.1) is 0 Å². The van der Waals surface area contributed by atoms with E-state index in [4.69, 9.17) is 4.74 Å². The van der Waals surface area contributed by atoms with Gasteiger partial charge in [-0.25, -0.2) is 8.42 Å². The second-order valence-electron chi connectivity index (χ2n) is 7.98. The van der Waals surface area contributed by atoms with Crippen LogP contribution in [0.25, 0.3) is 0 Å². The van der Waals surface area contributed by atoms with Crippen LogP contribution in [0.1, 0.15) is 48.5 Å². The average Bonchev–Trinajstić information content (AvgIpc) is 3.26. The number of carbonyl (C=O) groups is 1. The first kappa shape index (κ1) is 23.7.